The van der Waals surface area contributed by atoms with Gasteiger partial charge >= 0.3 is 13.2 Å². The van der Waals surface area contributed by atoms with Crippen LogP contribution in [0.3, 0.4) is 0 Å². The summed E-state index contributed by atoms with van der Waals surface area (Å²) in [6.07, 6.45) is 4.38. The van der Waals surface area contributed by atoms with Gasteiger partial charge in [0.2, 0.25) is 11.8 Å². The summed E-state index contributed by atoms with van der Waals surface area (Å²) in [6, 6.07) is 5.43. The summed E-state index contributed by atoms with van der Waals surface area (Å²) in [7, 11) is 0.110. The molecular weight excluding hydrogens is 447 g/mol. The van der Waals surface area contributed by atoms with Gasteiger partial charge in [-0.3, -0.25) is 14.2 Å². The average molecular weight is 474 g/mol. The van der Waals surface area contributed by atoms with Crippen LogP contribution in [0.1, 0.15) is 18.4 Å². The Morgan fingerprint density at radius 2 is 1.97 bits per heavy atom. The molecule has 4 unspecified atom stereocenters. The summed E-state index contributed by atoms with van der Waals surface area (Å²) in [5.74, 6) is -2.48. The summed E-state index contributed by atoms with van der Waals surface area (Å²) in [5.41, 5.74) is 0.956. The fourth-order valence-electron chi connectivity index (χ4n) is 4.72. The molecule has 1 fully saturated rings. The molecule has 2 heterocycles. The van der Waals surface area contributed by atoms with Gasteiger partial charge < -0.3 is 18.7 Å². The molecule has 0 saturated carbocycles. The minimum Gasteiger partial charge on any atom is -0.421 e. The Morgan fingerprint density at radius 3 is 2.64 bits per heavy atom. The molecule has 0 spiro atoms. The Hall–Kier alpha value is -2.74. The molecule has 1 aliphatic carbocycles. The number of rotatable bonds is 6. The van der Waals surface area contributed by atoms with Gasteiger partial charge in [-0.2, -0.15) is 0 Å². The van der Waals surface area contributed by atoms with Crippen molar-refractivity contribution in [3.63, 3.8) is 0 Å². The van der Waals surface area contributed by atoms with Crippen LogP contribution < -0.4 is 15.4 Å². The Labute approximate surface area is 191 Å². The largest absolute Gasteiger partial charge is 0.421 e. The topological polar surface area (TPSA) is 117 Å². The third kappa shape index (κ3) is 4.28. The smallest absolute Gasteiger partial charge is 0.361 e. The molecular formula is C23H27N2O7P. The molecule has 1 aromatic heterocycles. The SMILES string of the molecule is Cc1c(N2C(=O)C3CC=CC(CCOP(C)(=O)O)C3C2=O)c(=O)oc2cc(N(C)C)ccc12. The molecule has 2 aromatic rings. The van der Waals surface area contributed by atoms with Crippen molar-refractivity contribution in [1.82, 2.24) is 0 Å². The van der Waals surface area contributed by atoms with Crippen molar-refractivity contribution >= 4 is 41.8 Å². The van der Waals surface area contributed by atoms with Crippen LogP contribution in [0, 0.1) is 24.7 Å². The van der Waals surface area contributed by atoms with Gasteiger partial charge in [-0.1, -0.05) is 12.2 Å². The first-order valence-corrected chi connectivity index (χ1v) is 12.8. The van der Waals surface area contributed by atoms with E-state index < -0.39 is 36.9 Å². The normalized spacial score (nSPS) is 24.3. The lowest BCUT2D eigenvalue weighted by Gasteiger charge is -2.26. The fourth-order valence-corrected chi connectivity index (χ4v) is 5.17. The van der Waals surface area contributed by atoms with E-state index in [1.807, 2.05) is 43.3 Å². The number of benzene rings is 1. The first-order chi connectivity index (χ1) is 15.5. The predicted molar refractivity (Wildman–Crippen MR) is 125 cm³/mol. The summed E-state index contributed by atoms with van der Waals surface area (Å²) >= 11 is 0. The van der Waals surface area contributed by atoms with Gasteiger partial charge in [0.15, 0.2) is 0 Å². The summed E-state index contributed by atoms with van der Waals surface area (Å²) in [6.45, 7) is 2.78. The maximum atomic E-state index is 13.4. The molecule has 0 bridgehead atoms. The number of carbonyl (C=O) groups excluding carboxylic acids is 2. The van der Waals surface area contributed by atoms with Gasteiger partial charge in [0.05, 0.1) is 18.4 Å². The highest BCUT2D eigenvalue weighted by molar-refractivity contribution is 7.51. The fraction of sp³-hybridized carbons (Fsp3) is 0.435. The van der Waals surface area contributed by atoms with Crippen LogP contribution in [-0.2, 0) is 18.7 Å². The molecule has 0 radical (unpaired) electrons. The van der Waals surface area contributed by atoms with Crippen molar-refractivity contribution in [2.75, 3.05) is 37.2 Å². The molecule has 10 heteroatoms. The number of anilines is 2. The van der Waals surface area contributed by atoms with Crippen LogP contribution in [0.15, 0.2) is 39.6 Å². The number of allylic oxidation sites excluding steroid dienone is 2. The molecule has 4 rings (SSSR count). The number of aryl methyl sites for hydroxylation is 1. The second kappa shape index (κ2) is 8.56. The third-order valence-electron chi connectivity index (χ3n) is 6.35. The Kier molecular flexibility index (Phi) is 6.07. The lowest BCUT2D eigenvalue weighted by Crippen LogP contribution is -2.36. The summed E-state index contributed by atoms with van der Waals surface area (Å²) in [4.78, 5) is 51.9. The van der Waals surface area contributed by atoms with Crippen LogP contribution in [-0.4, -0.2) is 44.1 Å². The van der Waals surface area contributed by atoms with Gasteiger partial charge in [-0.25, -0.2) is 9.69 Å². The van der Waals surface area contributed by atoms with E-state index in [1.165, 1.54) is 0 Å². The second-order valence-electron chi connectivity index (χ2n) is 8.83. The van der Waals surface area contributed by atoms with Crippen LogP contribution in [0.25, 0.3) is 11.0 Å². The number of carbonyl (C=O) groups is 2. The molecule has 9 nitrogen and oxygen atoms in total. The molecule has 1 N–H and O–H groups in total. The lowest BCUT2D eigenvalue weighted by atomic mass is 9.76. The third-order valence-corrected chi connectivity index (χ3v) is 7.02. The highest BCUT2D eigenvalue weighted by Crippen LogP contribution is 2.43. The minimum atomic E-state index is -3.64. The van der Waals surface area contributed by atoms with Crippen molar-refractivity contribution in [1.29, 1.82) is 0 Å². The monoisotopic (exact) mass is 474 g/mol. The quantitative estimate of drug-likeness (QED) is 0.294. The molecule has 1 saturated heterocycles. The molecule has 2 aliphatic rings. The van der Waals surface area contributed by atoms with Gasteiger partial charge in [-0.15, -0.1) is 0 Å². The van der Waals surface area contributed by atoms with E-state index in [-0.39, 0.29) is 18.2 Å². The predicted octanol–water partition coefficient (Wildman–Crippen LogP) is 3.07. The van der Waals surface area contributed by atoms with Crippen molar-refractivity contribution in [3.8, 4) is 0 Å². The van der Waals surface area contributed by atoms with Crippen molar-refractivity contribution in [2.24, 2.45) is 17.8 Å². The average Bonchev–Trinajstić information content (AvgIpc) is 2.98. The van der Waals surface area contributed by atoms with E-state index >= 15 is 0 Å². The van der Waals surface area contributed by atoms with Gasteiger partial charge in [0.25, 0.3) is 0 Å². The van der Waals surface area contributed by atoms with Crippen LogP contribution in [0.2, 0.25) is 0 Å². The highest BCUT2D eigenvalue weighted by Gasteiger charge is 2.52. The molecule has 176 valence electrons. The zero-order valence-electron chi connectivity index (χ0n) is 19.0. The summed E-state index contributed by atoms with van der Waals surface area (Å²) < 4.78 is 21.9. The van der Waals surface area contributed by atoms with Gasteiger partial charge in [0.1, 0.15) is 11.3 Å². The first kappa shape index (κ1) is 23.4. The number of fused-ring (bicyclic) bond motifs is 2. The van der Waals surface area contributed by atoms with E-state index in [0.717, 1.165) is 17.3 Å². The number of hydrogen-bond donors (Lipinski definition) is 1. The molecule has 4 atom stereocenters. The Morgan fingerprint density at radius 1 is 1.24 bits per heavy atom. The van der Waals surface area contributed by atoms with Gasteiger partial charge in [0, 0.05) is 37.9 Å². The lowest BCUT2D eigenvalue weighted by molar-refractivity contribution is -0.122. The highest BCUT2D eigenvalue weighted by atomic mass is 31.2. The number of hydrogen-bond acceptors (Lipinski definition) is 7. The van der Waals surface area contributed by atoms with Crippen LogP contribution in [0.4, 0.5) is 11.4 Å². The van der Waals surface area contributed by atoms with Crippen molar-refractivity contribution < 1.29 is 28.0 Å². The van der Waals surface area contributed by atoms with E-state index in [0.29, 0.717) is 29.4 Å². The minimum absolute atomic E-state index is 0.0185. The van der Waals surface area contributed by atoms with Gasteiger partial charge in [-0.05, 0) is 43.4 Å². The van der Waals surface area contributed by atoms with E-state index in [2.05, 4.69) is 0 Å². The molecule has 33 heavy (non-hydrogen) atoms. The number of imide groups is 1. The van der Waals surface area contributed by atoms with Crippen molar-refractivity contribution in [2.45, 2.75) is 19.8 Å². The maximum absolute atomic E-state index is 13.4. The van der Waals surface area contributed by atoms with Crippen LogP contribution in [0.5, 0.6) is 0 Å². The maximum Gasteiger partial charge on any atom is 0.361 e. The van der Waals surface area contributed by atoms with Crippen LogP contribution >= 0.6 is 7.60 Å². The van der Waals surface area contributed by atoms with E-state index in [1.54, 1.807) is 13.0 Å². The molecule has 2 amide bonds. The van der Waals surface area contributed by atoms with E-state index in [9.17, 15) is 23.8 Å². The zero-order chi connectivity index (χ0) is 24.1. The van der Waals surface area contributed by atoms with E-state index in [4.69, 9.17) is 8.94 Å². The first-order valence-electron chi connectivity index (χ1n) is 10.7. The second-order valence-corrected chi connectivity index (χ2v) is 10.7. The number of nitrogens with zero attached hydrogens (tertiary/aromatic N) is 2. The zero-order valence-corrected chi connectivity index (χ0v) is 19.9. The number of amides is 2. The molecule has 1 aromatic carbocycles. The summed E-state index contributed by atoms with van der Waals surface area (Å²) in [5, 5.41) is 0.649. The molecule has 1 aliphatic heterocycles. The van der Waals surface area contributed by atoms with Crippen molar-refractivity contribution in [3.05, 3.63) is 46.3 Å². The Bertz CT molecular complexity index is 1260. The standard InChI is InChI=1S/C23H27N2O7P/c1-13-16-9-8-15(24(2)3)12-18(16)32-23(28)20(13)25-21(26)17-7-5-6-14(19(17)22(25)27)10-11-31-33(4,29)30/h5-6,8-9,12,14,17,19H,7,10-11H2,1-4H3,(H,29,30). The Balaban J connectivity index is 1.70.